The van der Waals surface area contributed by atoms with E-state index in [1.54, 1.807) is 6.20 Å². The smallest absolute Gasteiger partial charge is 0.169 e. The van der Waals surface area contributed by atoms with E-state index < -0.39 is 0 Å². The Hall–Kier alpha value is -1.78. The molecule has 1 N–H and O–H groups in total. The van der Waals surface area contributed by atoms with Gasteiger partial charge in [0.05, 0.1) is 24.6 Å². The van der Waals surface area contributed by atoms with E-state index in [0.717, 1.165) is 23.0 Å². The summed E-state index contributed by atoms with van der Waals surface area (Å²) < 4.78 is 5.45. The molecule has 4 heteroatoms. The Labute approximate surface area is 118 Å². The molecule has 0 spiro atoms. The van der Waals surface area contributed by atoms with Gasteiger partial charge in [0.25, 0.3) is 0 Å². The van der Waals surface area contributed by atoms with Crippen LogP contribution in [0.3, 0.4) is 0 Å². The highest BCUT2D eigenvalue weighted by atomic mass is 16.5. The fraction of sp³-hybridized carbons (Fsp3) is 0.375. The largest absolute Gasteiger partial charge is 0.379 e. The van der Waals surface area contributed by atoms with Gasteiger partial charge < -0.3 is 10.1 Å². The summed E-state index contributed by atoms with van der Waals surface area (Å²) in [7, 11) is 0. The van der Waals surface area contributed by atoms with Crippen molar-refractivity contribution in [2.24, 2.45) is 5.92 Å². The topological polar surface area (TPSA) is 51.2 Å². The third-order valence-electron chi connectivity index (χ3n) is 3.77. The minimum atomic E-state index is -0.101. The van der Waals surface area contributed by atoms with E-state index in [0.29, 0.717) is 13.2 Å². The van der Waals surface area contributed by atoms with Crippen LogP contribution < -0.4 is 5.32 Å². The van der Waals surface area contributed by atoms with E-state index in [1.807, 2.05) is 37.3 Å². The van der Waals surface area contributed by atoms with Crippen LogP contribution in [0.4, 0.5) is 0 Å². The Balaban J connectivity index is 1.88. The van der Waals surface area contributed by atoms with Crippen molar-refractivity contribution in [2.45, 2.75) is 13.0 Å². The number of fused-ring (bicyclic) bond motifs is 1. The molecule has 0 amide bonds. The Morgan fingerprint density at radius 2 is 2.30 bits per heavy atom. The van der Waals surface area contributed by atoms with Crippen molar-refractivity contribution in [3.8, 4) is 0 Å². The molecule has 2 unspecified atom stereocenters. The number of aromatic nitrogens is 1. The number of rotatable bonds is 4. The molecular weight excluding hydrogens is 252 g/mol. The van der Waals surface area contributed by atoms with Crippen molar-refractivity contribution in [3.05, 3.63) is 42.1 Å². The Kier molecular flexibility index (Phi) is 3.76. The van der Waals surface area contributed by atoms with E-state index in [9.17, 15) is 4.79 Å². The highest BCUT2D eigenvalue weighted by Gasteiger charge is 2.33. The molecule has 2 heterocycles. The SMILES string of the molecule is CCNC1COCC1C(=O)c1ccc2cccnc2c1. The zero-order chi connectivity index (χ0) is 13.9. The van der Waals surface area contributed by atoms with Gasteiger partial charge in [-0.3, -0.25) is 9.78 Å². The number of nitrogens with one attached hydrogen (secondary N) is 1. The molecule has 104 valence electrons. The maximum absolute atomic E-state index is 12.6. The number of pyridine rings is 1. The van der Waals surface area contributed by atoms with E-state index in [4.69, 9.17) is 4.74 Å². The third-order valence-corrected chi connectivity index (χ3v) is 3.77. The molecule has 0 saturated carbocycles. The molecule has 3 rings (SSSR count). The lowest BCUT2D eigenvalue weighted by Crippen LogP contribution is -2.39. The first kappa shape index (κ1) is 13.2. The minimum Gasteiger partial charge on any atom is -0.379 e. The van der Waals surface area contributed by atoms with Crippen LogP contribution in [0.5, 0.6) is 0 Å². The van der Waals surface area contributed by atoms with Gasteiger partial charge in [-0.25, -0.2) is 0 Å². The average molecular weight is 270 g/mol. The monoisotopic (exact) mass is 270 g/mol. The van der Waals surface area contributed by atoms with Gasteiger partial charge in [-0.1, -0.05) is 25.1 Å². The molecule has 1 saturated heterocycles. The van der Waals surface area contributed by atoms with Gasteiger partial charge in [0.1, 0.15) is 0 Å². The highest BCUT2D eigenvalue weighted by molar-refractivity contribution is 6.01. The molecule has 4 nitrogen and oxygen atoms in total. The van der Waals surface area contributed by atoms with Gasteiger partial charge in [0, 0.05) is 23.2 Å². The Bertz CT molecular complexity index is 627. The maximum Gasteiger partial charge on any atom is 0.169 e. The molecule has 1 aromatic heterocycles. The number of hydrogen-bond acceptors (Lipinski definition) is 4. The van der Waals surface area contributed by atoms with E-state index >= 15 is 0 Å². The van der Waals surface area contributed by atoms with Crippen molar-refractivity contribution < 1.29 is 9.53 Å². The maximum atomic E-state index is 12.6. The lowest BCUT2D eigenvalue weighted by atomic mass is 9.93. The molecule has 0 radical (unpaired) electrons. The summed E-state index contributed by atoms with van der Waals surface area (Å²) in [5.41, 5.74) is 1.58. The number of carbonyl (C=O) groups is 1. The fourth-order valence-electron chi connectivity index (χ4n) is 2.71. The van der Waals surface area contributed by atoms with Crippen molar-refractivity contribution in [1.82, 2.24) is 10.3 Å². The van der Waals surface area contributed by atoms with Gasteiger partial charge in [0.15, 0.2) is 5.78 Å². The minimum absolute atomic E-state index is 0.101. The normalized spacial score (nSPS) is 22.2. The number of likely N-dealkylation sites (N-methyl/N-ethyl adjacent to an activating group) is 1. The van der Waals surface area contributed by atoms with E-state index in [2.05, 4.69) is 10.3 Å². The number of hydrogen-bond donors (Lipinski definition) is 1. The predicted octanol–water partition coefficient (Wildman–Crippen LogP) is 2.04. The van der Waals surface area contributed by atoms with Crippen molar-refractivity contribution in [2.75, 3.05) is 19.8 Å². The van der Waals surface area contributed by atoms with Crippen LogP contribution in [0.25, 0.3) is 10.9 Å². The van der Waals surface area contributed by atoms with Gasteiger partial charge in [0.2, 0.25) is 0 Å². The first-order valence-electron chi connectivity index (χ1n) is 6.99. The second kappa shape index (κ2) is 5.69. The molecule has 2 aromatic rings. The van der Waals surface area contributed by atoms with Crippen molar-refractivity contribution in [1.29, 1.82) is 0 Å². The van der Waals surface area contributed by atoms with Gasteiger partial charge in [-0.05, 0) is 18.7 Å². The summed E-state index contributed by atoms with van der Waals surface area (Å²) in [6.07, 6.45) is 1.75. The van der Waals surface area contributed by atoms with Crippen LogP contribution in [-0.2, 0) is 4.74 Å². The predicted molar refractivity (Wildman–Crippen MR) is 77.8 cm³/mol. The van der Waals surface area contributed by atoms with Crippen LogP contribution in [-0.4, -0.2) is 36.6 Å². The van der Waals surface area contributed by atoms with Crippen LogP contribution in [0.15, 0.2) is 36.5 Å². The summed E-state index contributed by atoms with van der Waals surface area (Å²) in [4.78, 5) is 16.9. The Morgan fingerprint density at radius 1 is 1.40 bits per heavy atom. The molecule has 2 atom stereocenters. The molecule has 1 aromatic carbocycles. The van der Waals surface area contributed by atoms with Crippen LogP contribution in [0.2, 0.25) is 0 Å². The number of benzene rings is 1. The summed E-state index contributed by atoms with van der Waals surface area (Å²) in [5.74, 6) is 0.0390. The molecule has 0 aliphatic carbocycles. The quantitative estimate of drug-likeness (QED) is 0.864. The van der Waals surface area contributed by atoms with Crippen molar-refractivity contribution >= 4 is 16.7 Å². The second-order valence-corrected chi connectivity index (χ2v) is 5.08. The molecular formula is C16H18N2O2. The number of nitrogens with zero attached hydrogens (tertiary/aromatic N) is 1. The van der Waals surface area contributed by atoms with Crippen LogP contribution in [0.1, 0.15) is 17.3 Å². The average Bonchev–Trinajstić information content (AvgIpc) is 2.94. The lowest BCUT2D eigenvalue weighted by molar-refractivity contribution is 0.0892. The molecule has 1 fully saturated rings. The Morgan fingerprint density at radius 3 is 3.15 bits per heavy atom. The fourth-order valence-corrected chi connectivity index (χ4v) is 2.71. The van der Waals surface area contributed by atoms with Crippen molar-refractivity contribution in [3.63, 3.8) is 0 Å². The standard InChI is InChI=1S/C16H18N2O2/c1-2-17-15-10-20-9-13(15)16(19)12-6-5-11-4-3-7-18-14(11)8-12/h3-8,13,15,17H,2,9-10H2,1H3. The molecule has 1 aliphatic rings. The summed E-state index contributed by atoms with van der Waals surface area (Å²) in [6, 6.07) is 9.72. The highest BCUT2D eigenvalue weighted by Crippen LogP contribution is 2.21. The molecule has 20 heavy (non-hydrogen) atoms. The first-order chi connectivity index (χ1) is 9.79. The number of ketones is 1. The zero-order valence-electron chi connectivity index (χ0n) is 11.5. The second-order valence-electron chi connectivity index (χ2n) is 5.08. The molecule has 0 bridgehead atoms. The van der Waals surface area contributed by atoms with Gasteiger partial charge in [-0.15, -0.1) is 0 Å². The first-order valence-corrected chi connectivity index (χ1v) is 6.99. The summed E-state index contributed by atoms with van der Waals surface area (Å²) >= 11 is 0. The number of Topliss-reactive ketones (excluding diaryl/α,β-unsaturated/α-hetero) is 1. The molecule has 1 aliphatic heterocycles. The lowest BCUT2D eigenvalue weighted by Gasteiger charge is -2.17. The van der Waals surface area contributed by atoms with E-state index in [-0.39, 0.29) is 17.7 Å². The van der Waals surface area contributed by atoms with Gasteiger partial charge in [-0.2, -0.15) is 0 Å². The number of carbonyl (C=O) groups excluding carboxylic acids is 1. The van der Waals surface area contributed by atoms with Crippen LogP contribution in [0, 0.1) is 5.92 Å². The van der Waals surface area contributed by atoms with Gasteiger partial charge >= 0.3 is 0 Å². The van der Waals surface area contributed by atoms with E-state index in [1.165, 1.54) is 0 Å². The number of ether oxygens (including phenoxy) is 1. The zero-order valence-corrected chi connectivity index (χ0v) is 11.5. The third kappa shape index (κ3) is 2.44. The summed E-state index contributed by atoms with van der Waals surface area (Å²) in [5, 5.41) is 4.37. The van der Waals surface area contributed by atoms with Crippen LogP contribution >= 0.6 is 0 Å². The summed E-state index contributed by atoms with van der Waals surface area (Å²) in [6.45, 7) is 3.99.